The summed E-state index contributed by atoms with van der Waals surface area (Å²) >= 11 is 0. The Balaban J connectivity index is 2.37. The second-order valence-corrected chi connectivity index (χ2v) is 15.4. The first-order valence-corrected chi connectivity index (χ1v) is 14.4. The van der Waals surface area contributed by atoms with Gasteiger partial charge in [-0.2, -0.15) is 0 Å². The number of hydrogen-bond donors (Lipinski definition) is 2. The van der Waals surface area contributed by atoms with Crippen LogP contribution in [0.15, 0.2) is 24.3 Å². The number of hydrogen-bond acceptors (Lipinski definition) is 4. The van der Waals surface area contributed by atoms with Crippen molar-refractivity contribution < 1.29 is 19.7 Å². The molecule has 0 saturated heterocycles. The van der Waals surface area contributed by atoms with E-state index in [0.29, 0.717) is 24.3 Å². The largest absolute Gasteiger partial charge is 0.507 e. The van der Waals surface area contributed by atoms with Crippen molar-refractivity contribution >= 4 is 5.97 Å². The molecular formula is C35H54O4. The number of phenols is 2. The van der Waals surface area contributed by atoms with Crippen LogP contribution in [0.5, 0.6) is 11.5 Å². The van der Waals surface area contributed by atoms with Gasteiger partial charge in [-0.05, 0) is 80.7 Å². The average Bonchev–Trinajstić information content (AvgIpc) is 2.73. The lowest BCUT2D eigenvalue weighted by Gasteiger charge is -2.29. The van der Waals surface area contributed by atoms with Gasteiger partial charge in [0.05, 0.1) is 0 Å². The molecule has 39 heavy (non-hydrogen) atoms. The molecule has 0 saturated carbocycles. The number of phenolic OH excluding ortho intramolecular Hbond substituents is 2. The van der Waals surface area contributed by atoms with E-state index >= 15 is 0 Å². The molecule has 2 aromatic rings. The van der Waals surface area contributed by atoms with E-state index in [9.17, 15) is 15.0 Å². The predicted molar refractivity (Wildman–Crippen MR) is 163 cm³/mol. The fourth-order valence-electron chi connectivity index (χ4n) is 5.12. The average molecular weight is 539 g/mol. The second-order valence-electron chi connectivity index (χ2n) is 15.4. The number of benzene rings is 2. The molecule has 0 heterocycles. The summed E-state index contributed by atoms with van der Waals surface area (Å²) in [7, 11) is 0. The van der Waals surface area contributed by atoms with Gasteiger partial charge in [0.15, 0.2) is 0 Å². The molecule has 0 aliphatic carbocycles. The molecule has 0 aromatic heterocycles. The molecule has 4 nitrogen and oxygen atoms in total. The van der Waals surface area contributed by atoms with Gasteiger partial charge in [-0.3, -0.25) is 4.79 Å². The van der Waals surface area contributed by atoms with Crippen LogP contribution >= 0.6 is 0 Å². The van der Waals surface area contributed by atoms with E-state index in [-0.39, 0.29) is 33.7 Å². The minimum Gasteiger partial charge on any atom is -0.507 e. The number of aromatic hydroxyl groups is 2. The summed E-state index contributed by atoms with van der Waals surface area (Å²) in [4.78, 5) is 12.0. The van der Waals surface area contributed by atoms with Gasteiger partial charge in [0, 0.05) is 6.92 Å². The zero-order valence-electron chi connectivity index (χ0n) is 26.9. The molecule has 0 aliphatic heterocycles. The lowest BCUT2D eigenvalue weighted by molar-refractivity contribution is -0.146. The second kappa shape index (κ2) is 11.6. The van der Waals surface area contributed by atoms with Crippen LogP contribution in [-0.4, -0.2) is 22.3 Å². The smallest absolute Gasteiger partial charge is 0.302 e. The van der Waals surface area contributed by atoms with Gasteiger partial charge < -0.3 is 14.9 Å². The van der Waals surface area contributed by atoms with Crippen molar-refractivity contribution in [3.05, 3.63) is 57.6 Å². The quantitative estimate of drug-likeness (QED) is 0.346. The SMILES string of the molecule is CC(=O)OC(CCc1cc(C(C)(C)C)c(O)c(C(C)(C)C)c1)CCc1cc(C(C)(C)C)c(O)c(C(C)(C)C)c1. The van der Waals surface area contributed by atoms with Gasteiger partial charge in [-0.1, -0.05) is 107 Å². The van der Waals surface area contributed by atoms with Crippen LogP contribution in [0.3, 0.4) is 0 Å². The zero-order valence-corrected chi connectivity index (χ0v) is 26.9. The first-order chi connectivity index (χ1) is 17.5. The third kappa shape index (κ3) is 8.75. The Morgan fingerprint density at radius 3 is 1.08 bits per heavy atom. The van der Waals surface area contributed by atoms with E-state index in [4.69, 9.17) is 4.74 Å². The first kappa shape index (κ1) is 32.7. The summed E-state index contributed by atoms with van der Waals surface area (Å²) in [5.74, 6) is 0.492. The Morgan fingerprint density at radius 1 is 0.615 bits per heavy atom. The maximum Gasteiger partial charge on any atom is 0.302 e. The highest BCUT2D eigenvalue weighted by atomic mass is 16.5. The summed E-state index contributed by atoms with van der Waals surface area (Å²) in [6.07, 6.45) is 2.68. The summed E-state index contributed by atoms with van der Waals surface area (Å²) in [6.45, 7) is 26.9. The molecule has 0 radical (unpaired) electrons. The predicted octanol–water partition coefficient (Wildman–Crippen LogP) is 8.78. The fraction of sp³-hybridized carbons (Fsp3) is 0.629. The van der Waals surface area contributed by atoms with Crippen LogP contribution in [0.1, 0.15) is 136 Å². The van der Waals surface area contributed by atoms with E-state index in [1.807, 2.05) is 0 Å². The molecule has 0 bridgehead atoms. The van der Waals surface area contributed by atoms with Crippen molar-refractivity contribution in [2.24, 2.45) is 0 Å². The molecule has 2 rings (SSSR count). The molecule has 0 unspecified atom stereocenters. The number of ether oxygens (including phenoxy) is 1. The van der Waals surface area contributed by atoms with E-state index in [0.717, 1.165) is 46.2 Å². The Bertz CT molecular complexity index is 1010. The lowest BCUT2D eigenvalue weighted by Crippen LogP contribution is -2.21. The van der Waals surface area contributed by atoms with Gasteiger partial charge in [-0.15, -0.1) is 0 Å². The van der Waals surface area contributed by atoms with E-state index in [1.165, 1.54) is 6.92 Å². The number of carbonyl (C=O) groups excluding carboxylic acids is 1. The minimum atomic E-state index is -0.270. The van der Waals surface area contributed by atoms with E-state index in [1.54, 1.807) is 0 Å². The van der Waals surface area contributed by atoms with Gasteiger partial charge in [0.25, 0.3) is 0 Å². The number of esters is 1. The Hall–Kier alpha value is -2.49. The first-order valence-electron chi connectivity index (χ1n) is 14.4. The molecule has 0 atom stereocenters. The van der Waals surface area contributed by atoms with Crippen LogP contribution in [0.2, 0.25) is 0 Å². The third-order valence-corrected chi connectivity index (χ3v) is 7.41. The molecule has 218 valence electrons. The zero-order chi connectivity index (χ0) is 30.1. The topological polar surface area (TPSA) is 66.8 Å². The third-order valence-electron chi connectivity index (χ3n) is 7.41. The maximum absolute atomic E-state index is 12.0. The summed E-state index contributed by atoms with van der Waals surface area (Å²) in [5.41, 5.74) is 5.32. The highest BCUT2D eigenvalue weighted by molar-refractivity contribution is 5.66. The van der Waals surface area contributed by atoms with Crippen molar-refractivity contribution in [2.45, 2.75) is 143 Å². The normalized spacial score (nSPS) is 13.2. The maximum atomic E-state index is 12.0. The Morgan fingerprint density at radius 2 is 0.872 bits per heavy atom. The van der Waals surface area contributed by atoms with Gasteiger partial charge in [0.1, 0.15) is 17.6 Å². The van der Waals surface area contributed by atoms with Crippen molar-refractivity contribution in [1.29, 1.82) is 0 Å². The van der Waals surface area contributed by atoms with Crippen molar-refractivity contribution in [1.82, 2.24) is 0 Å². The standard InChI is InChI=1S/C35H54O4/c1-22(36)39-25(16-14-23-18-26(32(2,3)4)30(37)27(19-23)33(5,6)7)17-15-24-20-28(34(8,9)10)31(38)29(21-24)35(11,12)13/h18-21,25,37-38H,14-17H2,1-13H3. The van der Waals surface area contributed by atoms with Crippen LogP contribution in [0.25, 0.3) is 0 Å². The molecule has 0 fully saturated rings. The molecule has 0 aliphatic rings. The number of aryl methyl sites for hydroxylation is 2. The van der Waals surface area contributed by atoms with Crippen molar-refractivity contribution in [3.8, 4) is 11.5 Å². The highest BCUT2D eigenvalue weighted by Crippen LogP contribution is 2.41. The summed E-state index contributed by atoms with van der Waals surface area (Å²) < 4.78 is 5.79. The van der Waals surface area contributed by atoms with Gasteiger partial charge >= 0.3 is 5.97 Å². The molecule has 0 amide bonds. The fourth-order valence-corrected chi connectivity index (χ4v) is 5.12. The van der Waals surface area contributed by atoms with Crippen LogP contribution in [-0.2, 0) is 44.0 Å². The van der Waals surface area contributed by atoms with E-state index < -0.39 is 0 Å². The Kier molecular flexibility index (Phi) is 9.69. The van der Waals surface area contributed by atoms with Crippen molar-refractivity contribution in [3.63, 3.8) is 0 Å². The molecule has 2 aromatic carbocycles. The number of carbonyl (C=O) groups is 1. The number of rotatable bonds is 7. The van der Waals surface area contributed by atoms with Crippen LogP contribution < -0.4 is 0 Å². The lowest BCUT2D eigenvalue weighted by atomic mass is 9.77. The highest BCUT2D eigenvalue weighted by Gasteiger charge is 2.28. The monoisotopic (exact) mass is 538 g/mol. The Labute approximate surface area is 238 Å². The molecule has 2 N–H and O–H groups in total. The van der Waals surface area contributed by atoms with Crippen LogP contribution in [0.4, 0.5) is 0 Å². The van der Waals surface area contributed by atoms with Crippen molar-refractivity contribution in [2.75, 3.05) is 0 Å². The molecule has 4 heteroatoms. The minimum absolute atomic E-state index is 0.191. The van der Waals surface area contributed by atoms with E-state index in [2.05, 4.69) is 107 Å². The van der Waals surface area contributed by atoms with Gasteiger partial charge in [-0.25, -0.2) is 0 Å². The summed E-state index contributed by atoms with van der Waals surface area (Å²) in [5, 5.41) is 22.2. The molecular weight excluding hydrogens is 484 g/mol. The summed E-state index contributed by atoms with van der Waals surface area (Å²) in [6, 6.07) is 8.45. The van der Waals surface area contributed by atoms with Crippen LogP contribution in [0, 0.1) is 0 Å². The molecule has 0 spiro atoms. The van der Waals surface area contributed by atoms with Gasteiger partial charge in [0.2, 0.25) is 0 Å².